The molecule has 2 fully saturated rings. The Morgan fingerprint density at radius 3 is 1.31 bits per heavy atom. The van der Waals surface area contributed by atoms with Crippen LogP contribution in [0.2, 0.25) is 0 Å². The van der Waals surface area contributed by atoms with Crippen molar-refractivity contribution in [1.29, 1.82) is 0 Å². The van der Waals surface area contributed by atoms with Gasteiger partial charge in [0.25, 0.3) is 0 Å². The Balaban J connectivity index is 1.35. The molecule has 6 atom stereocenters. The summed E-state index contributed by atoms with van der Waals surface area (Å²) < 4.78 is 0. The summed E-state index contributed by atoms with van der Waals surface area (Å²) in [4.78, 5) is 77.1. The number of anilines is 2. The second-order valence-corrected chi connectivity index (χ2v) is 16.3. The molecular formula is C32H38N4O8S4. The number of carboxylic acid groups (broad SMARTS) is 2. The van der Waals surface area contributed by atoms with E-state index in [0.717, 1.165) is 11.1 Å². The van der Waals surface area contributed by atoms with Crippen molar-refractivity contribution in [1.82, 2.24) is 9.80 Å². The summed E-state index contributed by atoms with van der Waals surface area (Å²) >= 11 is 2.76. The van der Waals surface area contributed by atoms with Gasteiger partial charge in [-0.05, 0) is 35.4 Å². The molecule has 0 aromatic heterocycles. The topological polar surface area (TPSA) is 173 Å². The van der Waals surface area contributed by atoms with Gasteiger partial charge in [0.15, 0.2) is 0 Å². The van der Waals surface area contributed by atoms with Gasteiger partial charge in [-0.3, -0.25) is 19.2 Å². The number of nitrogens with one attached hydrogen (secondary N) is 2. The first-order chi connectivity index (χ1) is 22.8. The molecule has 0 aliphatic carbocycles. The Morgan fingerprint density at radius 2 is 1.02 bits per heavy atom. The van der Waals surface area contributed by atoms with Crippen LogP contribution in [0.3, 0.4) is 0 Å². The first kappa shape index (κ1) is 37.5. The van der Waals surface area contributed by atoms with Gasteiger partial charge in [-0.25, -0.2) is 9.59 Å². The molecular weight excluding hydrogens is 697 g/mol. The van der Waals surface area contributed by atoms with Crippen LogP contribution >= 0.6 is 45.1 Å². The van der Waals surface area contributed by atoms with Crippen LogP contribution in [-0.4, -0.2) is 90.7 Å². The van der Waals surface area contributed by atoms with Crippen molar-refractivity contribution in [3.05, 3.63) is 59.7 Å². The molecule has 0 saturated carbocycles. The van der Waals surface area contributed by atoms with Crippen molar-refractivity contribution < 1.29 is 39.0 Å². The van der Waals surface area contributed by atoms with Crippen molar-refractivity contribution in [3.63, 3.8) is 0 Å². The van der Waals surface area contributed by atoms with Gasteiger partial charge < -0.3 is 30.6 Å². The highest BCUT2D eigenvalue weighted by atomic mass is 33.1. The largest absolute Gasteiger partial charge is 0.480 e. The van der Waals surface area contributed by atoms with Crippen LogP contribution in [0.15, 0.2) is 48.5 Å². The summed E-state index contributed by atoms with van der Waals surface area (Å²) in [6, 6.07) is 12.0. The minimum atomic E-state index is -1.07. The average molecular weight is 735 g/mol. The van der Waals surface area contributed by atoms with Crippen molar-refractivity contribution in [2.24, 2.45) is 11.8 Å². The number of nitrogens with zero attached hydrogens (tertiary/aromatic N) is 2. The van der Waals surface area contributed by atoms with Gasteiger partial charge in [-0.15, -0.1) is 23.5 Å². The maximum atomic E-state index is 13.6. The molecule has 0 radical (unpaired) electrons. The fraction of sp³-hybridized carbons (Fsp3) is 0.438. The SMILES string of the molecule is CC(=O)Nc1ccc(C2SC[C@@H](C(=O)O)N2C(=O)[C@H](C)CSSC[C@@H](C)C(=O)N2C(c3ccc(NC(C)=O)cc3)SC[C@H]2C(=O)O)cc1. The van der Waals surface area contributed by atoms with E-state index in [1.807, 2.05) is 0 Å². The Hall–Kier alpha value is -3.34. The predicted molar refractivity (Wildman–Crippen MR) is 192 cm³/mol. The Bertz CT molecular complexity index is 1410. The lowest BCUT2D eigenvalue weighted by atomic mass is 10.1. The fourth-order valence-electron chi connectivity index (χ4n) is 5.27. The molecule has 4 amide bonds. The highest BCUT2D eigenvalue weighted by Gasteiger charge is 2.45. The van der Waals surface area contributed by atoms with E-state index in [-0.39, 0.29) is 35.1 Å². The van der Waals surface area contributed by atoms with E-state index in [9.17, 15) is 39.0 Å². The van der Waals surface area contributed by atoms with E-state index in [4.69, 9.17) is 0 Å². The second-order valence-electron chi connectivity index (χ2n) is 11.5. The van der Waals surface area contributed by atoms with E-state index in [1.54, 1.807) is 62.4 Å². The normalized spacial score (nSPS) is 21.8. The van der Waals surface area contributed by atoms with Crippen LogP contribution in [-0.2, 0) is 28.8 Å². The van der Waals surface area contributed by atoms with Gasteiger partial charge in [-0.2, -0.15) is 0 Å². The minimum Gasteiger partial charge on any atom is -0.480 e. The maximum Gasteiger partial charge on any atom is 0.327 e. The molecule has 0 bridgehead atoms. The van der Waals surface area contributed by atoms with Gasteiger partial charge in [0.1, 0.15) is 22.8 Å². The van der Waals surface area contributed by atoms with Crippen molar-refractivity contribution in [2.75, 3.05) is 33.6 Å². The molecule has 2 unspecified atom stereocenters. The van der Waals surface area contributed by atoms with Gasteiger partial charge >= 0.3 is 11.9 Å². The standard InChI is InChI=1S/C32H38N4O8S4/c1-17(27(39)35-25(31(41)42)15-45-29(35)21-5-9-23(10-6-21)33-19(3)37)13-47-48-14-18(2)28(40)36-26(32(43)44)16-46-30(36)22-7-11-24(12-8-22)34-20(4)38/h5-12,17-18,25-26,29-30H,13-16H2,1-4H3,(H,33,37)(H,34,38)(H,41,42)(H,43,44)/t17-,18-,25+,26+,29?,30?/m1/s1. The zero-order chi connectivity index (χ0) is 35.1. The molecule has 2 heterocycles. The first-order valence-corrected chi connectivity index (χ1v) is 19.7. The number of aliphatic carboxylic acids is 2. The highest BCUT2D eigenvalue weighted by Crippen LogP contribution is 2.44. The number of thioether (sulfide) groups is 2. The number of rotatable bonds is 13. The van der Waals surface area contributed by atoms with E-state index < -0.39 is 46.6 Å². The third kappa shape index (κ3) is 9.21. The van der Waals surface area contributed by atoms with E-state index >= 15 is 0 Å². The first-order valence-electron chi connectivity index (χ1n) is 15.1. The number of carbonyl (C=O) groups is 6. The molecule has 16 heteroatoms. The Morgan fingerprint density at radius 1 is 0.688 bits per heavy atom. The minimum absolute atomic E-state index is 0.209. The third-order valence-corrected chi connectivity index (χ3v) is 13.1. The van der Waals surface area contributed by atoms with Crippen molar-refractivity contribution >= 4 is 92.1 Å². The molecule has 2 aromatic rings. The molecule has 258 valence electrons. The van der Waals surface area contributed by atoms with Gasteiger partial charge in [-0.1, -0.05) is 59.7 Å². The average Bonchev–Trinajstić information content (AvgIpc) is 3.68. The molecule has 0 spiro atoms. The fourth-order valence-corrected chi connectivity index (χ4v) is 10.8. The van der Waals surface area contributed by atoms with Crippen LogP contribution in [0.4, 0.5) is 11.4 Å². The summed E-state index contributed by atoms with van der Waals surface area (Å²) in [6.07, 6.45) is 0. The highest BCUT2D eigenvalue weighted by molar-refractivity contribution is 8.76. The van der Waals surface area contributed by atoms with Gasteiger partial charge in [0, 0.05) is 60.1 Å². The number of carbonyl (C=O) groups excluding carboxylic acids is 4. The van der Waals surface area contributed by atoms with E-state index in [0.29, 0.717) is 22.9 Å². The lowest BCUT2D eigenvalue weighted by Crippen LogP contribution is -2.45. The third-order valence-electron chi connectivity index (χ3n) is 7.67. The lowest BCUT2D eigenvalue weighted by molar-refractivity contribution is -0.150. The van der Waals surface area contributed by atoms with Crippen LogP contribution in [0.25, 0.3) is 0 Å². The van der Waals surface area contributed by atoms with Crippen molar-refractivity contribution in [3.8, 4) is 0 Å². The quantitative estimate of drug-likeness (QED) is 0.160. The summed E-state index contributed by atoms with van der Waals surface area (Å²) in [5.41, 5.74) is 2.72. The number of hydrogen-bond acceptors (Lipinski definition) is 10. The Kier molecular flexibility index (Phi) is 13.2. The van der Waals surface area contributed by atoms with E-state index in [1.165, 1.54) is 68.8 Å². The summed E-state index contributed by atoms with van der Waals surface area (Å²) in [5, 5.41) is 24.2. The molecule has 12 nitrogen and oxygen atoms in total. The molecule has 2 saturated heterocycles. The van der Waals surface area contributed by atoms with Crippen molar-refractivity contribution in [2.45, 2.75) is 50.5 Å². The van der Waals surface area contributed by atoms with Gasteiger partial charge in [0.05, 0.1) is 0 Å². The predicted octanol–water partition coefficient (Wildman–Crippen LogP) is 5.01. The zero-order valence-corrected chi connectivity index (χ0v) is 30.0. The van der Waals surface area contributed by atoms with Crippen LogP contribution in [0, 0.1) is 11.8 Å². The van der Waals surface area contributed by atoms with E-state index in [2.05, 4.69) is 10.6 Å². The molecule has 2 aliphatic rings. The second kappa shape index (κ2) is 16.9. The monoisotopic (exact) mass is 734 g/mol. The smallest absolute Gasteiger partial charge is 0.327 e. The van der Waals surface area contributed by atoms with Crippen LogP contribution < -0.4 is 10.6 Å². The molecule has 4 N–H and O–H groups in total. The molecule has 4 rings (SSSR count). The zero-order valence-electron chi connectivity index (χ0n) is 26.8. The maximum absolute atomic E-state index is 13.6. The van der Waals surface area contributed by atoms with Crippen LogP contribution in [0.1, 0.15) is 49.6 Å². The summed E-state index contributed by atoms with van der Waals surface area (Å²) in [6.45, 7) is 6.32. The van der Waals surface area contributed by atoms with Crippen LogP contribution in [0.5, 0.6) is 0 Å². The number of hydrogen-bond donors (Lipinski definition) is 4. The summed E-state index contributed by atoms with van der Waals surface area (Å²) in [5.74, 6) is -2.89. The summed E-state index contributed by atoms with van der Waals surface area (Å²) in [7, 11) is 2.82. The van der Waals surface area contributed by atoms with Gasteiger partial charge in [0.2, 0.25) is 23.6 Å². The molecule has 48 heavy (non-hydrogen) atoms. The molecule has 2 aliphatic heterocycles. The lowest BCUT2D eigenvalue weighted by Gasteiger charge is -2.30. The number of benzene rings is 2. The number of carboxylic acids is 2. The number of amides is 4. The Labute approximate surface area is 295 Å². The molecule has 2 aromatic carbocycles.